The van der Waals surface area contributed by atoms with E-state index < -0.39 is 6.04 Å². The Kier molecular flexibility index (Phi) is 5.05. The molecule has 1 aliphatic heterocycles. The Morgan fingerprint density at radius 1 is 1.00 bits per heavy atom. The van der Waals surface area contributed by atoms with E-state index in [9.17, 15) is 4.79 Å². The average Bonchev–Trinajstić information content (AvgIpc) is 3.30. The molecule has 0 unspecified atom stereocenters. The third-order valence-corrected chi connectivity index (χ3v) is 6.18. The standard InChI is InChI=1S/C24H24N4O4/c1-30-16-9-7-14(8-10-16)15-11-18-21(19(29)12-15)22(28-24(27-18)25-13-26-28)17-5-4-6-20(31-2)23(17)32-3/h4-10,13,15,22H,11-12H2,1-3H3,(H,25,26,27)/t15-,22+/m1/s1. The average molecular weight is 432 g/mol. The molecule has 1 aliphatic carbocycles. The van der Waals surface area contributed by atoms with Crippen molar-refractivity contribution in [3.05, 3.63) is 71.2 Å². The van der Waals surface area contributed by atoms with Crippen LogP contribution >= 0.6 is 0 Å². The lowest BCUT2D eigenvalue weighted by molar-refractivity contribution is -0.116. The second-order valence-electron chi connectivity index (χ2n) is 7.83. The number of anilines is 1. The summed E-state index contributed by atoms with van der Waals surface area (Å²) in [5.74, 6) is 2.73. The number of hydrogen-bond acceptors (Lipinski definition) is 7. The van der Waals surface area contributed by atoms with Gasteiger partial charge in [-0.15, -0.1) is 0 Å². The highest BCUT2D eigenvalue weighted by Crippen LogP contribution is 2.47. The van der Waals surface area contributed by atoms with Gasteiger partial charge < -0.3 is 19.5 Å². The molecule has 2 heterocycles. The van der Waals surface area contributed by atoms with Crippen LogP contribution in [0.5, 0.6) is 17.2 Å². The molecule has 2 atom stereocenters. The van der Waals surface area contributed by atoms with Crippen molar-refractivity contribution in [2.45, 2.75) is 24.8 Å². The van der Waals surface area contributed by atoms with E-state index in [1.165, 1.54) is 6.33 Å². The van der Waals surface area contributed by atoms with Gasteiger partial charge in [-0.25, -0.2) is 4.68 Å². The van der Waals surface area contributed by atoms with Crippen LogP contribution in [0.25, 0.3) is 0 Å². The summed E-state index contributed by atoms with van der Waals surface area (Å²) in [6.45, 7) is 0. The molecule has 1 N–H and O–H groups in total. The molecule has 164 valence electrons. The summed E-state index contributed by atoms with van der Waals surface area (Å²) in [4.78, 5) is 17.9. The van der Waals surface area contributed by atoms with Crippen LogP contribution in [0.15, 0.2) is 60.1 Å². The first-order valence-electron chi connectivity index (χ1n) is 10.4. The number of rotatable bonds is 5. The molecule has 0 saturated carbocycles. The molecule has 0 bridgehead atoms. The van der Waals surface area contributed by atoms with Crippen molar-refractivity contribution in [2.75, 3.05) is 26.6 Å². The summed E-state index contributed by atoms with van der Waals surface area (Å²) in [5, 5.41) is 7.76. The van der Waals surface area contributed by atoms with Gasteiger partial charge in [0.1, 0.15) is 18.1 Å². The summed E-state index contributed by atoms with van der Waals surface area (Å²) >= 11 is 0. The summed E-state index contributed by atoms with van der Waals surface area (Å²) in [7, 11) is 4.84. The van der Waals surface area contributed by atoms with E-state index in [1.54, 1.807) is 26.0 Å². The lowest BCUT2D eigenvalue weighted by Crippen LogP contribution is -2.33. The van der Waals surface area contributed by atoms with Gasteiger partial charge in [0, 0.05) is 23.3 Å². The maximum absolute atomic E-state index is 13.5. The minimum atomic E-state index is -0.446. The van der Waals surface area contributed by atoms with Gasteiger partial charge in [-0.05, 0) is 36.1 Å². The molecule has 5 rings (SSSR count). The number of carbonyl (C=O) groups is 1. The molecule has 32 heavy (non-hydrogen) atoms. The van der Waals surface area contributed by atoms with E-state index in [0.29, 0.717) is 35.9 Å². The van der Waals surface area contributed by atoms with E-state index in [4.69, 9.17) is 14.2 Å². The molecule has 1 aromatic heterocycles. The van der Waals surface area contributed by atoms with Crippen molar-refractivity contribution in [3.8, 4) is 17.2 Å². The number of nitrogens with one attached hydrogen (secondary N) is 1. The molecule has 3 aromatic rings. The van der Waals surface area contributed by atoms with Crippen molar-refractivity contribution in [1.82, 2.24) is 14.8 Å². The molecule has 0 amide bonds. The second kappa shape index (κ2) is 8.03. The van der Waals surface area contributed by atoms with Crippen LogP contribution in [0.1, 0.15) is 35.9 Å². The number of nitrogens with zero attached hydrogens (tertiary/aromatic N) is 3. The molecular formula is C24H24N4O4. The van der Waals surface area contributed by atoms with E-state index in [1.807, 2.05) is 42.5 Å². The van der Waals surface area contributed by atoms with Gasteiger partial charge in [-0.1, -0.05) is 24.3 Å². The molecule has 0 saturated heterocycles. The van der Waals surface area contributed by atoms with Crippen molar-refractivity contribution >= 4 is 11.7 Å². The van der Waals surface area contributed by atoms with Crippen LogP contribution in [-0.2, 0) is 4.79 Å². The van der Waals surface area contributed by atoms with Gasteiger partial charge in [-0.2, -0.15) is 10.1 Å². The number of para-hydroxylation sites is 1. The first kappa shape index (κ1) is 20.1. The van der Waals surface area contributed by atoms with Crippen LogP contribution in [-0.4, -0.2) is 41.9 Å². The molecule has 8 heteroatoms. The Bertz CT molecular complexity index is 1200. The highest BCUT2D eigenvalue weighted by atomic mass is 16.5. The SMILES string of the molecule is COc1ccc([C@H]2CC(=O)C3=C(C2)Nc2ncnn2[C@H]3c2cccc(OC)c2OC)cc1. The lowest BCUT2D eigenvalue weighted by atomic mass is 9.77. The Morgan fingerprint density at radius 2 is 1.81 bits per heavy atom. The number of hydrogen-bond donors (Lipinski definition) is 1. The quantitative estimate of drug-likeness (QED) is 0.657. The maximum Gasteiger partial charge on any atom is 0.226 e. The number of ether oxygens (including phenoxy) is 3. The summed E-state index contributed by atoms with van der Waals surface area (Å²) < 4.78 is 18.2. The molecule has 2 aliphatic rings. The van der Waals surface area contributed by atoms with Gasteiger partial charge in [0.2, 0.25) is 5.95 Å². The van der Waals surface area contributed by atoms with Gasteiger partial charge in [0.25, 0.3) is 0 Å². The van der Waals surface area contributed by atoms with E-state index in [0.717, 1.165) is 22.6 Å². The molecule has 0 radical (unpaired) electrons. The predicted molar refractivity (Wildman–Crippen MR) is 118 cm³/mol. The topological polar surface area (TPSA) is 87.5 Å². The number of fused-ring (bicyclic) bond motifs is 1. The Balaban J connectivity index is 1.60. The Labute approximate surface area is 185 Å². The van der Waals surface area contributed by atoms with Crippen LogP contribution in [0.2, 0.25) is 0 Å². The predicted octanol–water partition coefficient (Wildman–Crippen LogP) is 3.72. The Morgan fingerprint density at radius 3 is 2.53 bits per heavy atom. The van der Waals surface area contributed by atoms with Crippen molar-refractivity contribution in [3.63, 3.8) is 0 Å². The molecular weight excluding hydrogens is 408 g/mol. The minimum Gasteiger partial charge on any atom is -0.497 e. The van der Waals surface area contributed by atoms with E-state index in [-0.39, 0.29) is 11.7 Å². The maximum atomic E-state index is 13.5. The van der Waals surface area contributed by atoms with Gasteiger partial charge in [0.15, 0.2) is 17.3 Å². The van der Waals surface area contributed by atoms with Gasteiger partial charge >= 0.3 is 0 Å². The fourth-order valence-electron chi connectivity index (χ4n) is 4.68. The van der Waals surface area contributed by atoms with Crippen LogP contribution in [0.3, 0.4) is 0 Å². The largest absolute Gasteiger partial charge is 0.497 e. The van der Waals surface area contributed by atoms with Crippen molar-refractivity contribution in [1.29, 1.82) is 0 Å². The molecule has 8 nitrogen and oxygen atoms in total. The van der Waals surface area contributed by atoms with Crippen molar-refractivity contribution in [2.24, 2.45) is 0 Å². The zero-order chi connectivity index (χ0) is 22.2. The third-order valence-electron chi connectivity index (χ3n) is 6.18. The number of carbonyl (C=O) groups excluding carboxylic acids is 1. The van der Waals surface area contributed by atoms with Crippen LogP contribution < -0.4 is 19.5 Å². The Hall–Kier alpha value is -3.81. The number of methoxy groups -OCH3 is 3. The fourth-order valence-corrected chi connectivity index (χ4v) is 4.68. The fraction of sp³-hybridized carbons (Fsp3) is 0.292. The summed E-state index contributed by atoms with van der Waals surface area (Å²) in [5.41, 5.74) is 3.48. The smallest absolute Gasteiger partial charge is 0.226 e. The van der Waals surface area contributed by atoms with Crippen LogP contribution in [0, 0.1) is 0 Å². The highest BCUT2D eigenvalue weighted by molar-refractivity contribution is 6.00. The monoisotopic (exact) mass is 432 g/mol. The lowest BCUT2D eigenvalue weighted by Gasteiger charge is -2.35. The van der Waals surface area contributed by atoms with Gasteiger partial charge in [-0.3, -0.25) is 4.79 Å². The number of benzene rings is 2. The van der Waals surface area contributed by atoms with Crippen LogP contribution in [0.4, 0.5) is 5.95 Å². The number of aromatic nitrogens is 3. The zero-order valence-corrected chi connectivity index (χ0v) is 18.2. The molecule has 2 aromatic carbocycles. The number of ketones is 1. The summed E-state index contributed by atoms with van der Waals surface area (Å²) in [6.07, 6.45) is 2.61. The summed E-state index contributed by atoms with van der Waals surface area (Å²) in [6, 6.07) is 13.1. The minimum absolute atomic E-state index is 0.0713. The van der Waals surface area contributed by atoms with Crippen molar-refractivity contribution < 1.29 is 19.0 Å². The normalized spacial score (nSPS) is 19.7. The third kappa shape index (κ3) is 3.19. The number of allylic oxidation sites excluding steroid dienone is 2. The highest BCUT2D eigenvalue weighted by Gasteiger charge is 2.40. The molecule has 0 fully saturated rings. The van der Waals surface area contributed by atoms with E-state index >= 15 is 0 Å². The molecule has 0 spiro atoms. The first-order chi connectivity index (χ1) is 15.6. The number of Topliss-reactive ketones (excluding diaryl/α,β-unsaturated/α-hetero) is 1. The van der Waals surface area contributed by atoms with E-state index in [2.05, 4.69) is 15.4 Å². The first-order valence-corrected chi connectivity index (χ1v) is 10.4. The zero-order valence-electron chi connectivity index (χ0n) is 18.2. The second-order valence-corrected chi connectivity index (χ2v) is 7.83. The van der Waals surface area contributed by atoms with Gasteiger partial charge in [0.05, 0.1) is 21.3 Å².